The van der Waals surface area contributed by atoms with Gasteiger partial charge in [-0.2, -0.15) is 0 Å². The Kier molecular flexibility index (Phi) is 6.85. The summed E-state index contributed by atoms with van der Waals surface area (Å²) in [6, 6.07) is 9.43. The van der Waals surface area contributed by atoms with Crippen molar-refractivity contribution < 1.29 is 9.90 Å². The highest BCUT2D eigenvalue weighted by Crippen LogP contribution is 2.20. The highest BCUT2D eigenvalue weighted by atomic mass is 16.3. The van der Waals surface area contributed by atoms with E-state index in [1.807, 2.05) is 30.3 Å². The number of hydrogen-bond acceptors (Lipinski definition) is 3. The first-order valence-electron chi connectivity index (χ1n) is 7.53. The fourth-order valence-corrected chi connectivity index (χ4v) is 2.23. The molecule has 0 saturated carbocycles. The number of carbonyl (C=O) groups is 1. The van der Waals surface area contributed by atoms with E-state index in [1.165, 1.54) is 5.56 Å². The maximum Gasteiger partial charge on any atom is 0.237 e. The predicted molar refractivity (Wildman–Crippen MR) is 85.8 cm³/mol. The van der Waals surface area contributed by atoms with Crippen LogP contribution in [0.1, 0.15) is 39.2 Å². The number of aliphatic hydroxyl groups is 1. The fourth-order valence-electron chi connectivity index (χ4n) is 2.23. The zero-order valence-electron chi connectivity index (χ0n) is 13.3. The van der Waals surface area contributed by atoms with Crippen LogP contribution in [0.2, 0.25) is 0 Å². The SMILES string of the molecule is CC(C)(C)CC(O)CNC(=O)[C@@H](N)CCc1ccccc1. The van der Waals surface area contributed by atoms with E-state index in [-0.39, 0.29) is 17.9 Å². The van der Waals surface area contributed by atoms with Crippen molar-refractivity contribution in [1.29, 1.82) is 0 Å². The Bertz CT molecular complexity index is 426. The fraction of sp³-hybridized carbons (Fsp3) is 0.588. The first-order valence-corrected chi connectivity index (χ1v) is 7.53. The summed E-state index contributed by atoms with van der Waals surface area (Å²) in [5.41, 5.74) is 7.10. The molecule has 118 valence electrons. The van der Waals surface area contributed by atoms with Crippen molar-refractivity contribution in [2.45, 2.75) is 52.2 Å². The minimum Gasteiger partial charge on any atom is -0.391 e. The molecule has 0 saturated heterocycles. The molecule has 1 aromatic carbocycles. The number of rotatable bonds is 7. The zero-order chi connectivity index (χ0) is 15.9. The minimum absolute atomic E-state index is 0.0412. The molecule has 0 spiro atoms. The third-order valence-corrected chi connectivity index (χ3v) is 3.28. The summed E-state index contributed by atoms with van der Waals surface area (Å²) in [6.07, 6.45) is 1.49. The normalized spacial score (nSPS) is 14.5. The summed E-state index contributed by atoms with van der Waals surface area (Å²) in [4.78, 5) is 11.9. The van der Waals surface area contributed by atoms with Crippen LogP contribution in [-0.4, -0.2) is 29.7 Å². The second-order valence-electron chi connectivity index (χ2n) is 6.79. The molecule has 2 atom stereocenters. The van der Waals surface area contributed by atoms with Crippen molar-refractivity contribution in [2.24, 2.45) is 11.1 Å². The number of aliphatic hydroxyl groups excluding tert-OH is 1. The van der Waals surface area contributed by atoms with Crippen LogP contribution in [0.3, 0.4) is 0 Å². The Balaban J connectivity index is 2.28. The molecule has 21 heavy (non-hydrogen) atoms. The van der Waals surface area contributed by atoms with Crippen molar-refractivity contribution in [3.05, 3.63) is 35.9 Å². The largest absolute Gasteiger partial charge is 0.391 e. The van der Waals surface area contributed by atoms with E-state index in [2.05, 4.69) is 26.1 Å². The molecule has 0 aliphatic carbocycles. The van der Waals surface area contributed by atoms with Gasteiger partial charge in [-0.3, -0.25) is 4.79 Å². The maximum absolute atomic E-state index is 11.9. The van der Waals surface area contributed by atoms with Crippen LogP contribution in [0.25, 0.3) is 0 Å². The van der Waals surface area contributed by atoms with Crippen LogP contribution < -0.4 is 11.1 Å². The van der Waals surface area contributed by atoms with Crippen molar-refractivity contribution >= 4 is 5.91 Å². The molecule has 4 heteroatoms. The Hall–Kier alpha value is -1.39. The lowest BCUT2D eigenvalue weighted by Crippen LogP contribution is -2.44. The van der Waals surface area contributed by atoms with E-state index in [0.29, 0.717) is 12.8 Å². The van der Waals surface area contributed by atoms with Crippen LogP contribution in [0.5, 0.6) is 0 Å². The molecule has 0 aliphatic heterocycles. The van der Waals surface area contributed by atoms with Gasteiger partial charge in [0.1, 0.15) is 0 Å². The first kappa shape index (κ1) is 17.7. The van der Waals surface area contributed by atoms with Crippen LogP contribution in [0, 0.1) is 5.41 Å². The van der Waals surface area contributed by atoms with Crippen molar-refractivity contribution in [3.63, 3.8) is 0 Å². The molecular weight excluding hydrogens is 264 g/mol. The molecule has 1 aromatic rings. The number of carbonyl (C=O) groups excluding carboxylic acids is 1. The van der Waals surface area contributed by atoms with E-state index in [1.54, 1.807) is 0 Å². The Morgan fingerprint density at radius 2 is 1.90 bits per heavy atom. The molecule has 0 bridgehead atoms. The number of nitrogens with two attached hydrogens (primary N) is 1. The molecule has 4 N–H and O–H groups in total. The molecule has 0 radical (unpaired) electrons. The number of aryl methyl sites for hydroxylation is 1. The quantitative estimate of drug-likeness (QED) is 0.718. The molecular formula is C17H28N2O2. The van der Waals surface area contributed by atoms with Gasteiger partial charge < -0.3 is 16.2 Å². The third-order valence-electron chi connectivity index (χ3n) is 3.28. The van der Waals surface area contributed by atoms with E-state index in [9.17, 15) is 9.90 Å². The van der Waals surface area contributed by atoms with Crippen molar-refractivity contribution in [1.82, 2.24) is 5.32 Å². The molecule has 0 heterocycles. The zero-order valence-corrected chi connectivity index (χ0v) is 13.3. The average molecular weight is 292 g/mol. The van der Waals surface area contributed by atoms with E-state index >= 15 is 0 Å². The Morgan fingerprint density at radius 1 is 1.29 bits per heavy atom. The lowest BCUT2D eigenvalue weighted by molar-refractivity contribution is -0.123. The van der Waals surface area contributed by atoms with Crippen LogP contribution in [-0.2, 0) is 11.2 Å². The standard InChI is InChI=1S/C17H28N2O2/c1-17(2,3)11-14(20)12-19-16(21)15(18)10-9-13-7-5-4-6-8-13/h4-8,14-15,20H,9-12,18H2,1-3H3,(H,19,21)/t14?,15-/m0/s1. The van der Waals surface area contributed by atoms with Gasteiger partial charge in [0.25, 0.3) is 0 Å². The lowest BCUT2D eigenvalue weighted by atomic mass is 9.89. The summed E-state index contributed by atoms with van der Waals surface area (Å²) < 4.78 is 0. The van der Waals surface area contributed by atoms with E-state index in [0.717, 1.165) is 6.42 Å². The van der Waals surface area contributed by atoms with Crippen LogP contribution in [0.4, 0.5) is 0 Å². The molecule has 4 nitrogen and oxygen atoms in total. The molecule has 1 amide bonds. The average Bonchev–Trinajstić information content (AvgIpc) is 2.41. The second kappa shape index (κ2) is 8.15. The topological polar surface area (TPSA) is 75.3 Å². The van der Waals surface area contributed by atoms with Gasteiger partial charge in [0.05, 0.1) is 12.1 Å². The van der Waals surface area contributed by atoms with E-state index in [4.69, 9.17) is 5.73 Å². The van der Waals surface area contributed by atoms with Gasteiger partial charge in [0, 0.05) is 6.54 Å². The smallest absolute Gasteiger partial charge is 0.237 e. The Labute approximate surface area is 127 Å². The number of nitrogens with one attached hydrogen (secondary N) is 1. The van der Waals surface area contributed by atoms with Gasteiger partial charge in [-0.15, -0.1) is 0 Å². The summed E-state index contributed by atoms with van der Waals surface area (Å²) in [5.74, 6) is -0.195. The highest BCUT2D eigenvalue weighted by Gasteiger charge is 2.19. The number of benzene rings is 1. The Morgan fingerprint density at radius 3 is 2.48 bits per heavy atom. The molecule has 1 unspecified atom stereocenters. The van der Waals surface area contributed by atoms with Gasteiger partial charge in [-0.1, -0.05) is 51.1 Å². The van der Waals surface area contributed by atoms with Gasteiger partial charge in [-0.25, -0.2) is 0 Å². The first-order chi connectivity index (χ1) is 9.78. The van der Waals surface area contributed by atoms with Gasteiger partial charge >= 0.3 is 0 Å². The predicted octanol–water partition coefficient (Wildman–Crippen LogP) is 1.86. The lowest BCUT2D eigenvalue weighted by Gasteiger charge is -2.23. The van der Waals surface area contributed by atoms with Crippen molar-refractivity contribution in [2.75, 3.05) is 6.54 Å². The van der Waals surface area contributed by atoms with Gasteiger partial charge in [0.15, 0.2) is 0 Å². The minimum atomic E-state index is -0.535. The van der Waals surface area contributed by atoms with Crippen molar-refractivity contribution in [3.8, 4) is 0 Å². The second-order valence-corrected chi connectivity index (χ2v) is 6.79. The monoisotopic (exact) mass is 292 g/mol. The molecule has 1 rings (SSSR count). The van der Waals surface area contributed by atoms with Gasteiger partial charge in [0.2, 0.25) is 5.91 Å². The highest BCUT2D eigenvalue weighted by molar-refractivity contribution is 5.81. The van der Waals surface area contributed by atoms with Gasteiger partial charge in [-0.05, 0) is 30.2 Å². The number of amides is 1. The summed E-state index contributed by atoms with van der Waals surface area (Å²) in [7, 11) is 0. The number of hydrogen-bond donors (Lipinski definition) is 3. The summed E-state index contributed by atoms with van der Waals surface area (Å²) >= 11 is 0. The third kappa shape index (κ3) is 7.83. The summed E-state index contributed by atoms with van der Waals surface area (Å²) in [6.45, 7) is 6.44. The molecule has 0 fully saturated rings. The maximum atomic E-state index is 11.9. The van der Waals surface area contributed by atoms with E-state index < -0.39 is 12.1 Å². The molecule has 0 aromatic heterocycles. The van der Waals surface area contributed by atoms with Crippen LogP contribution >= 0.6 is 0 Å². The van der Waals surface area contributed by atoms with Crippen LogP contribution in [0.15, 0.2) is 30.3 Å². The molecule has 0 aliphatic rings. The summed E-state index contributed by atoms with van der Waals surface area (Å²) in [5, 5.41) is 12.6.